The van der Waals surface area contributed by atoms with Gasteiger partial charge in [-0.1, -0.05) is 0 Å². The lowest BCUT2D eigenvalue weighted by atomic mass is 10.00. The van der Waals surface area contributed by atoms with E-state index in [4.69, 9.17) is 14.9 Å². The van der Waals surface area contributed by atoms with Crippen molar-refractivity contribution in [1.29, 1.82) is 0 Å². The van der Waals surface area contributed by atoms with Crippen molar-refractivity contribution < 1.29 is 19.7 Å². The van der Waals surface area contributed by atoms with Crippen molar-refractivity contribution in [1.82, 2.24) is 0 Å². The van der Waals surface area contributed by atoms with E-state index in [2.05, 4.69) is 0 Å². The fourth-order valence-electron chi connectivity index (χ4n) is 1.35. The first-order valence-corrected chi connectivity index (χ1v) is 5.43. The quantitative estimate of drug-likeness (QED) is 0.694. The normalized spacial score (nSPS) is 28.7. The van der Waals surface area contributed by atoms with Crippen LogP contribution in [-0.4, -0.2) is 46.5 Å². The minimum Gasteiger partial charge on any atom is -0.479 e. The Kier molecular flexibility index (Phi) is 4.02. The molecule has 1 saturated heterocycles. The zero-order chi connectivity index (χ0) is 9.73. The summed E-state index contributed by atoms with van der Waals surface area (Å²) in [7, 11) is 0. The van der Waals surface area contributed by atoms with Gasteiger partial charge in [0, 0.05) is 5.75 Å². The van der Waals surface area contributed by atoms with Crippen LogP contribution in [-0.2, 0) is 9.53 Å². The van der Waals surface area contributed by atoms with Crippen LogP contribution in [0, 0.1) is 0 Å². The Morgan fingerprint density at radius 2 is 2.38 bits per heavy atom. The largest absolute Gasteiger partial charge is 0.479 e. The molecule has 0 bridgehead atoms. The second kappa shape index (κ2) is 4.83. The number of aliphatic hydroxyl groups excluding tert-OH is 1. The van der Waals surface area contributed by atoms with Gasteiger partial charge in [-0.05, 0) is 18.6 Å². The van der Waals surface area contributed by atoms with Crippen LogP contribution in [0.3, 0.4) is 0 Å². The molecule has 1 aliphatic rings. The number of rotatable bonds is 4. The summed E-state index contributed by atoms with van der Waals surface area (Å²) >= 11 is 1.59. The van der Waals surface area contributed by atoms with Crippen LogP contribution in [0.5, 0.6) is 0 Å². The molecule has 76 valence electrons. The van der Waals surface area contributed by atoms with Gasteiger partial charge in [-0.2, -0.15) is 11.8 Å². The molecule has 0 amide bonds. The Bertz CT molecular complexity index is 177. The van der Waals surface area contributed by atoms with Crippen molar-refractivity contribution in [3.8, 4) is 0 Å². The zero-order valence-electron chi connectivity index (χ0n) is 7.36. The minimum absolute atomic E-state index is 0.104. The maximum atomic E-state index is 11.0. The first-order chi connectivity index (χ1) is 6.21. The molecule has 1 rings (SSSR count). The molecule has 5 heteroatoms. The number of hydrogen-bond donors (Lipinski definition) is 2. The van der Waals surface area contributed by atoms with Crippen molar-refractivity contribution in [2.24, 2.45) is 0 Å². The molecule has 13 heavy (non-hydrogen) atoms. The van der Waals surface area contributed by atoms with Crippen molar-refractivity contribution >= 4 is 17.7 Å². The molecule has 0 saturated carbocycles. The molecule has 1 fully saturated rings. The molecule has 0 radical (unpaired) electrons. The van der Waals surface area contributed by atoms with E-state index in [1.807, 2.05) is 0 Å². The number of carbonyl (C=O) groups is 1. The lowest BCUT2D eigenvalue weighted by Gasteiger charge is -2.32. The predicted molar refractivity (Wildman–Crippen MR) is 50.0 cm³/mol. The maximum absolute atomic E-state index is 11.0. The Labute approximate surface area is 81.3 Å². The van der Waals surface area contributed by atoms with Gasteiger partial charge in [0.05, 0.1) is 13.2 Å². The lowest BCUT2D eigenvalue weighted by Crippen LogP contribution is -2.46. The summed E-state index contributed by atoms with van der Waals surface area (Å²) in [6.07, 6.45) is 1.41. The summed E-state index contributed by atoms with van der Waals surface area (Å²) in [5, 5.41) is 17.6. The standard InChI is InChI=1S/C8H14O4S/c9-3-4-12-8(7(10)11)2-1-5-13-6-8/h9H,1-6H2,(H,10,11). The van der Waals surface area contributed by atoms with Crippen LogP contribution in [0.25, 0.3) is 0 Å². The number of aliphatic carboxylic acids is 1. The molecule has 0 aromatic rings. The second-order valence-corrected chi connectivity index (χ2v) is 4.13. The number of hydrogen-bond acceptors (Lipinski definition) is 4. The molecule has 0 spiro atoms. The molecule has 0 aromatic heterocycles. The van der Waals surface area contributed by atoms with Crippen LogP contribution in [0.1, 0.15) is 12.8 Å². The van der Waals surface area contributed by atoms with E-state index in [9.17, 15) is 4.79 Å². The van der Waals surface area contributed by atoms with Gasteiger partial charge >= 0.3 is 5.97 Å². The van der Waals surface area contributed by atoms with E-state index in [0.717, 1.165) is 12.2 Å². The monoisotopic (exact) mass is 206 g/mol. The van der Waals surface area contributed by atoms with E-state index in [0.29, 0.717) is 12.2 Å². The Morgan fingerprint density at radius 3 is 2.85 bits per heavy atom. The van der Waals surface area contributed by atoms with Gasteiger partial charge in [0.25, 0.3) is 0 Å². The average molecular weight is 206 g/mol. The smallest absolute Gasteiger partial charge is 0.336 e. The molecule has 1 atom stereocenters. The molecule has 1 unspecified atom stereocenters. The summed E-state index contributed by atoms with van der Waals surface area (Å²) < 4.78 is 5.21. The van der Waals surface area contributed by atoms with Crippen LogP contribution >= 0.6 is 11.8 Å². The van der Waals surface area contributed by atoms with Gasteiger partial charge in [-0.3, -0.25) is 0 Å². The highest BCUT2D eigenvalue weighted by Crippen LogP contribution is 2.30. The molecule has 1 aliphatic heterocycles. The van der Waals surface area contributed by atoms with Crippen LogP contribution in [0.15, 0.2) is 0 Å². The first kappa shape index (κ1) is 10.8. The Morgan fingerprint density at radius 1 is 1.62 bits per heavy atom. The van der Waals surface area contributed by atoms with E-state index >= 15 is 0 Å². The van der Waals surface area contributed by atoms with E-state index in [1.165, 1.54) is 0 Å². The summed E-state index contributed by atoms with van der Waals surface area (Å²) in [6.45, 7) is -0.0213. The Balaban J connectivity index is 2.56. The lowest BCUT2D eigenvalue weighted by molar-refractivity contribution is -0.165. The highest BCUT2D eigenvalue weighted by Gasteiger charge is 2.41. The minimum atomic E-state index is -1.05. The Hall–Kier alpha value is -0.260. The second-order valence-electron chi connectivity index (χ2n) is 3.03. The SMILES string of the molecule is O=C(O)C1(OCCO)CCCSC1. The molecule has 1 heterocycles. The number of thioether (sulfide) groups is 1. The van der Waals surface area contributed by atoms with Gasteiger partial charge < -0.3 is 14.9 Å². The van der Waals surface area contributed by atoms with Crippen molar-refractivity contribution in [3.63, 3.8) is 0 Å². The highest BCUT2D eigenvalue weighted by atomic mass is 32.2. The van der Waals surface area contributed by atoms with Crippen molar-refractivity contribution in [2.75, 3.05) is 24.7 Å². The van der Waals surface area contributed by atoms with Crippen LogP contribution in [0.4, 0.5) is 0 Å². The summed E-state index contributed by atoms with van der Waals surface area (Å²) in [5.74, 6) is 0.577. The van der Waals surface area contributed by atoms with Crippen molar-refractivity contribution in [2.45, 2.75) is 18.4 Å². The number of aliphatic hydroxyl groups is 1. The third kappa shape index (κ3) is 2.59. The fourth-order valence-corrected chi connectivity index (χ4v) is 2.53. The third-order valence-corrected chi connectivity index (χ3v) is 3.31. The average Bonchev–Trinajstić information content (AvgIpc) is 2.16. The van der Waals surface area contributed by atoms with Gasteiger partial charge in [0.15, 0.2) is 5.60 Å². The number of carboxylic acid groups (broad SMARTS) is 1. The molecule has 0 aliphatic carbocycles. The summed E-state index contributed by atoms with van der Waals surface area (Å²) in [6, 6.07) is 0. The predicted octanol–water partition coefficient (Wildman–Crippen LogP) is 0.346. The van der Waals surface area contributed by atoms with Gasteiger partial charge in [-0.25, -0.2) is 4.79 Å². The van der Waals surface area contributed by atoms with Crippen molar-refractivity contribution in [3.05, 3.63) is 0 Å². The number of ether oxygens (including phenoxy) is 1. The molecule has 2 N–H and O–H groups in total. The van der Waals surface area contributed by atoms with Gasteiger partial charge in [0.1, 0.15) is 0 Å². The van der Waals surface area contributed by atoms with E-state index in [1.54, 1.807) is 11.8 Å². The summed E-state index contributed by atoms with van der Waals surface area (Å²) in [5.41, 5.74) is -1.05. The fraction of sp³-hybridized carbons (Fsp3) is 0.875. The zero-order valence-corrected chi connectivity index (χ0v) is 8.18. The first-order valence-electron chi connectivity index (χ1n) is 4.27. The van der Waals surface area contributed by atoms with Gasteiger partial charge in [-0.15, -0.1) is 0 Å². The molecule has 4 nitrogen and oxygen atoms in total. The summed E-state index contributed by atoms with van der Waals surface area (Å²) in [4.78, 5) is 11.0. The van der Waals surface area contributed by atoms with E-state index < -0.39 is 11.6 Å². The van der Waals surface area contributed by atoms with E-state index in [-0.39, 0.29) is 13.2 Å². The molecule has 0 aromatic carbocycles. The highest BCUT2D eigenvalue weighted by molar-refractivity contribution is 7.99. The maximum Gasteiger partial charge on any atom is 0.336 e. The molecular weight excluding hydrogens is 192 g/mol. The van der Waals surface area contributed by atoms with Crippen LogP contribution < -0.4 is 0 Å². The number of carboxylic acids is 1. The third-order valence-electron chi connectivity index (χ3n) is 2.06. The molecular formula is C8H14O4S. The topological polar surface area (TPSA) is 66.8 Å². The van der Waals surface area contributed by atoms with Crippen LogP contribution in [0.2, 0.25) is 0 Å². The van der Waals surface area contributed by atoms with Gasteiger partial charge in [0.2, 0.25) is 0 Å².